The van der Waals surface area contributed by atoms with E-state index in [-0.39, 0.29) is 5.69 Å². The minimum atomic E-state index is -0.466. The SMILES string of the molecule is CCN(CC1CCCNC1)c1ccc([N+](=O)[O-])cc1C#N. The molecule has 21 heavy (non-hydrogen) atoms. The van der Waals surface area contributed by atoms with E-state index in [1.165, 1.54) is 25.0 Å². The summed E-state index contributed by atoms with van der Waals surface area (Å²) in [6, 6.07) is 6.60. The van der Waals surface area contributed by atoms with Crippen molar-refractivity contribution in [2.45, 2.75) is 19.8 Å². The predicted molar refractivity (Wildman–Crippen MR) is 81.3 cm³/mol. The first-order valence-corrected chi connectivity index (χ1v) is 7.30. The van der Waals surface area contributed by atoms with Crippen LogP contribution in [0.15, 0.2) is 18.2 Å². The number of piperidine rings is 1. The second-order valence-electron chi connectivity index (χ2n) is 5.32. The lowest BCUT2D eigenvalue weighted by atomic mass is 9.98. The van der Waals surface area contributed by atoms with Crippen molar-refractivity contribution in [2.24, 2.45) is 5.92 Å². The lowest BCUT2D eigenvalue weighted by Gasteiger charge is -2.31. The van der Waals surface area contributed by atoms with E-state index in [0.717, 1.165) is 31.9 Å². The summed E-state index contributed by atoms with van der Waals surface area (Å²) in [7, 11) is 0. The highest BCUT2D eigenvalue weighted by molar-refractivity contribution is 5.63. The molecule has 6 nitrogen and oxygen atoms in total. The van der Waals surface area contributed by atoms with Crippen molar-refractivity contribution in [3.05, 3.63) is 33.9 Å². The lowest BCUT2D eigenvalue weighted by molar-refractivity contribution is -0.384. The van der Waals surface area contributed by atoms with Gasteiger partial charge in [-0.1, -0.05) is 0 Å². The van der Waals surface area contributed by atoms with Crippen LogP contribution in [0, 0.1) is 27.4 Å². The number of non-ortho nitro benzene ring substituents is 1. The molecule has 1 atom stereocenters. The molecule has 2 rings (SSSR count). The maximum absolute atomic E-state index is 10.8. The number of rotatable bonds is 5. The highest BCUT2D eigenvalue weighted by Crippen LogP contribution is 2.26. The Kier molecular flexibility index (Phi) is 5.12. The minimum Gasteiger partial charge on any atom is -0.370 e. The molecule has 1 unspecified atom stereocenters. The third kappa shape index (κ3) is 3.70. The van der Waals surface area contributed by atoms with E-state index in [0.29, 0.717) is 11.5 Å². The first-order chi connectivity index (χ1) is 10.2. The largest absolute Gasteiger partial charge is 0.370 e. The van der Waals surface area contributed by atoms with Crippen LogP contribution in [-0.4, -0.2) is 31.1 Å². The fourth-order valence-corrected chi connectivity index (χ4v) is 2.79. The number of nitriles is 1. The Hall–Kier alpha value is -2.13. The van der Waals surface area contributed by atoms with Crippen molar-refractivity contribution in [3.63, 3.8) is 0 Å². The number of nitro benzene ring substituents is 1. The summed E-state index contributed by atoms with van der Waals surface area (Å²) in [5, 5.41) is 23.5. The molecule has 6 heteroatoms. The van der Waals surface area contributed by atoms with Crippen molar-refractivity contribution in [3.8, 4) is 6.07 Å². The maximum Gasteiger partial charge on any atom is 0.270 e. The van der Waals surface area contributed by atoms with Crippen LogP contribution in [0.25, 0.3) is 0 Å². The van der Waals surface area contributed by atoms with Gasteiger partial charge in [-0.25, -0.2) is 0 Å². The highest BCUT2D eigenvalue weighted by atomic mass is 16.6. The van der Waals surface area contributed by atoms with Gasteiger partial charge in [0.15, 0.2) is 0 Å². The molecule has 0 spiro atoms. The van der Waals surface area contributed by atoms with E-state index < -0.39 is 4.92 Å². The summed E-state index contributed by atoms with van der Waals surface area (Å²) in [6.07, 6.45) is 2.35. The molecule has 0 aromatic heterocycles. The Morgan fingerprint density at radius 2 is 2.38 bits per heavy atom. The first kappa shape index (κ1) is 15.3. The molecule has 1 saturated heterocycles. The Morgan fingerprint density at radius 1 is 1.57 bits per heavy atom. The van der Waals surface area contributed by atoms with Crippen molar-refractivity contribution in [1.82, 2.24) is 5.32 Å². The van der Waals surface area contributed by atoms with Crippen LogP contribution in [0.1, 0.15) is 25.3 Å². The first-order valence-electron chi connectivity index (χ1n) is 7.30. The van der Waals surface area contributed by atoms with Gasteiger partial charge in [-0.3, -0.25) is 10.1 Å². The topological polar surface area (TPSA) is 82.2 Å². The van der Waals surface area contributed by atoms with Gasteiger partial charge in [-0.15, -0.1) is 0 Å². The van der Waals surface area contributed by atoms with Gasteiger partial charge < -0.3 is 10.2 Å². The molecule has 1 aromatic carbocycles. The summed E-state index contributed by atoms with van der Waals surface area (Å²) in [4.78, 5) is 12.5. The molecule has 1 aliphatic rings. The minimum absolute atomic E-state index is 0.0364. The normalized spacial score (nSPS) is 18.0. The van der Waals surface area contributed by atoms with E-state index >= 15 is 0 Å². The number of benzene rings is 1. The van der Waals surface area contributed by atoms with Crippen LogP contribution in [0.4, 0.5) is 11.4 Å². The fourth-order valence-electron chi connectivity index (χ4n) is 2.79. The van der Waals surface area contributed by atoms with E-state index in [9.17, 15) is 15.4 Å². The monoisotopic (exact) mass is 288 g/mol. The van der Waals surface area contributed by atoms with Crippen LogP contribution < -0.4 is 10.2 Å². The van der Waals surface area contributed by atoms with Crippen molar-refractivity contribution in [2.75, 3.05) is 31.1 Å². The molecule has 112 valence electrons. The van der Waals surface area contributed by atoms with Crippen molar-refractivity contribution >= 4 is 11.4 Å². The zero-order valence-electron chi connectivity index (χ0n) is 12.2. The highest BCUT2D eigenvalue weighted by Gasteiger charge is 2.19. The zero-order chi connectivity index (χ0) is 15.2. The van der Waals surface area contributed by atoms with Gasteiger partial charge in [0.05, 0.1) is 16.2 Å². The van der Waals surface area contributed by atoms with Crippen LogP contribution >= 0.6 is 0 Å². The molecule has 1 N–H and O–H groups in total. The van der Waals surface area contributed by atoms with Gasteiger partial charge in [0.2, 0.25) is 0 Å². The van der Waals surface area contributed by atoms with Gasteiger partial charge >= 0.3 is 0 Å². The second kappa shape index (κ2) is 7.04. The van der Waals surface area contributed by atoms with Crippen molar-refractivity contribution < 1.29 is 4.92 Å². The number of hydrogen-bond donors (Lipinski definition) is 1. The quantitative estimate of drug-likeness (QED) is 0.664. The third-order valence-electron chi connectivity index (χ3n) is 3.91. The van der Waals surface area contributed by atoms with E-state index in [4.69, 9.17) is 0 Å². The maximum atomic E-state index is 10.8. The van der Waals surface area contributed by atoms with Gasteiger partial charge in [-0.05, 0) is 44.8 Å². The molecular weight excluding hydrogens is 268 g/mol. The molecular formula is C15H20N4O2. The summed E-state index contributed by atoms with van der Waals surface area (Å²) in [5.41, 5.74) is 1.12. The average Bonchev–Trinajstić information content (AvgIpc) is 2.53. The van der Waals surface area contributed by atoms with Gasteiger partial charge in [0, 0.05) is 25.2 Å². The lowest BCUT2D eigenvalue weighted by Crippen LogP contribution is -2.38. The van der Waals surface area contributed by atoms with Crippen LogP contribution in [0.2, 0.25) is 0 Å². The Labute approximate surface area is 124 Å². The summed E-state index contributed by atoms with van der Waals surface area (Å²) < 4.78 is 0. The van der Waals surface area contributed by atoms with Crippen molar-refractivity contribution in [1.29, 1.82) is 5.26 Å². The second-order valence-corrected chi connectivity index (χ2v) is 5.32. The van der Waals surface area contributed by atoms with E-state index in [2.05, 4.69) is 16.3 Å². The van der Waals surface area contributed by atoms with Gasteiger partial charge in [0.1, 0.15) is 6.07 Å². The molecule has 1 heterocycles. The Balaban J connectivity index is 2.20. The molecule has 0 aliphatic carbocycles. The predicted octanol–water partition coefficient (Wildman–Crippen LogP) is 2.29. The average molecular weight is 288 g/mol. The summed E-state index contributed by atoms with van der Waals surface area (Å²) in [5.74, 6) is 0.556. The number of hydrogen-bond acceptors (Lipinski definition) is 5. The molecule has 1 fully saturated rings. The van der Waals surface area contributed by atoms with Crippen LogP contribution in [0.5, 0.6) is 0 Å². The Morgan fingerprint density at radius 3 is 2.95 bits per heavy atom. The fraction of sp³-hybridized carbons (Fsp3) is 0.533. The molecule has 1 aliphatic heterocycles. The molecule has 0 amide bonds. The summed E-state index contributed by atoms with van der Waals surface area (Å²) in [6.45, 7) is 5.76. The van der Waals surface area contributed by atoms with Crippen LogP contribution in [0.3, 0.4) is 0 Å². The Bertz CT molecular complexity index is 547. The van der Waals surface area contributed by atoms with E-state index in [1.807, 2.05) is 6.92 Å². The summed E-state index contributed by atoms with van der Waals surface area (Å²) >= 11 is 0. The van der Waals surface area contributed by atoms with E-state index in [1.54, 1.807) is 6.07 Å². The molecule has 1 aromatic rings. The van der Waals surface area contributed by atoms with Gasteiger partial charge in [-0.2, -0.15) is 5.26 Å². The number of anilines is 1. The third-order valence-corrected chi connectivity index (χ3v) is 3.91. The molecule has 0 saturated carbocycles. The molecule has 0 bridgehead atoms. The van der Waals surface area contributed by atoms with Crippen LogP contribution in [-0.2, 0) is 0 Å². The van der Waals surface area contributed by atoms with Gasteiger partial charge in [0.25, 0.3) is 5.69 Å². The zero-order valence-corrected chi connectivity index (χ0v) is 12.2. The number of nitro groups is 1. The number of nitrogens with zero attached hydrogens (tertiary/aromatic N) is 3. The standard InChI is InChI=1S/C15H20N4O2/c1-2-18(11-12-4-3-7-17-10-12)15-6-5-14(19(20)21)8-13(15)9-16/h5-6,8,12,17H,2-4,7,10-11H2,1H3. The molecule has 0 radical (unpaired) electrons. The number of nitrogens with one attached hydrogen (secondary N) is 1. The smallest absolute Gasteiger partial charge is 0.270 e.